The van der Waals surface area contributed by atoms with E-state index in [4.69, 9.17) is 0 Å². The predicted molar refractivity (Wildman–Crippen MR) is 95.7 cm³/mol. The monoisotopic (exact) mass is 358 g/mol. The summed E-state index contributed by atoms with van der Waals surface area (Å²) in [5, 5.41) is 27.4. The van der Waals surface area contributed by atoms with Crippen LogP contribution in [0.1, 0.15) is 56.1 Å². The van der Waals surface area contributed by atoms with Crippen molar-refractivity contribution >= 4 is 5.97 Å². The largest absolute Gasteiger partial charge is 0.481 e. The molecule has 3 atom stereocenters. The van der Waals surface area contributed by atoms with Gasteiger partial charge in [0.25, 0.3) is 0 Å². The van der Waals surface area contributed by atoms with Gasteiger partial charge in [-0.05, 0) is 36.4 Å². The highest BCUT2D eigenvalue weighted by Crippen LogP contribution is 2.39. The van der Waals surface area contributed by atoms with Gasteiger partial charge in [0.05, 0.1) is 5.92 Å². The molecule has 2 aromatic heterocycles. The van der Waals surface area contributed by atoms with Crippen LogP contribution in [-0.2, 0) is 11.2 Å². The summed E-state index contributed by atoms with van der Waals surface area (Å²) >= 11 is 0. The van der Waals surface area contributed by atoms with Gasteiger partial charge in [-0.1, -0.05) is 32.1 Å². The van der Waals surface area contributed by atoms with Crippen LogP contribution in [0.25, 0.3) is 0 Å². The summed E-state index contributed by atoms with van der Waals surface area (Å²) in [6.07, 6.45) is 3.45. The summed E-state index contributed by atoms with van der Waals surface area (Å²) in [6.45, 7) is 7.76. The Kier molecular flexibility index (Phi) is 5.31. The maximum absolute atomic E-state index is 12.0. The first-order valence-corrected chi connectivity index (χ1v) is 8.98. The highest BCUT2D eigenvalue weighted by molar-refractivity contribution is 5.72. The summed E-state index contributed by atoms with van der Waals surface area (Å²) < 4.78 is 0. The van der Waals surface area contributed by atoms with Crippen molar-refractivity contribution in [3.63, 3.8) is 0 Å². The van der Waals surface area contributed by atoms with Gasteiger partial charge in [0, 0.05) is 30.3 Å². The maximum atomic E-state index is 12.0. The van der Waals surface area contributed by atoms with E-state index in [2.05, 4.69) is 30.9 Å². The van der Waals surface area contributed by atoms with Crippen LogP contribution in [-0.4, -0.2) is 49.8 Å². The Morgan fingerprint density at radius 2 is 2.19 bits per heavy atom. The summed E-state index contributed by atoms with van der Waals surface area (Å²) in [5.74, 6) is -0.991. The molecule has 0 saturated carbocycles. The molecule has 3 rings (SSSR count). The molecule has 0 spiro atoms. The van der Waals surface area contributed by atoms with Crippen LogP contribution >= 0.6 is 0 Å². The standard InChI is InChI=1S/C18H26N6O2/c1-18(2,3)15(17(25)26)13(16-21-23-24-22-16)8-11-4-5-14(20-9-11)12-6-7-19-10-12/h4-5,9,12-13,15,19H,6-8,10H2,1-3H3,(H,25,26)(H,21,22,23,24)/t12?,13-,15?/m0/s1. The number of H-pyrrole nitrogens is 1. The molecule has 0 amide bonds. The van der Waals surface area contributed by atoms with Crippen LogP contribution in [0.15, 0.2) is 18.3 Å². The fourth-order valence-electron chi connectivity index (χ4n) is 3.79. The van der Waals surface area contributed by atoms with Crippen LogP contribution in [0.5, 0.6) is 0 Å². The Bertz CT molecular complexity index is 717. The van der Waals surface area contributed by atoms with Gasteiger partial charge in [0.15, 0.2) is 5.82 Å². The van der Waals surface area contributed by atoms with Crippen LogP contribution < -0.4 is 5.32 Å². The number of hydrogen-bond donors (Lipinski definition) is 3. The number of pyridine rings is 1. The fraction of sp³-hybridized carbons (Fsp3) is 0.611. The third-order valence-corrected chi connectivity index (χ3v) is 5.08. The van der Waals surface area contributed by atoms with Crippen molar-refractivity contribution in [1.29, 1.82) is 0 Å². The Balaban J connectivity index is 1.85. The molecule has 0 aromatic carbocycles. The predicted octanol–water partition coefficient (Wildman–Crippen LogP) is 1.74. The van der Waals surface area contributed by atoms with Crippen LogP contribution in [0, 0.1) is 11.3 Å². The molecule has 0 radical (unpaired) electrons. The number of aliphatic carboxylic acids is 1. The lowest BCUT2D eigenvalue weighted by molar-refractivity contribution is -0.146. The molecule has 3 N–H and O–H groups in total. The zero-order valence-electron chi connectivity index (χ0n) is 15.4. The van der Waals surface area contributed by atoms with E-state index in [1.165, 1.54) is 0 Å². The van der Waals surface area contributed by atoms with Gasteiger partial charge in [-0.15, -0.1) is 10.2 Å². The van der Waals surface area contributed by atoms with Crippen molar-refractivity contribution in [1.82, 2.24) is 30.9 Å². The van der Waals surface area contributed by atoms with Crippen LogP contribution in [0.3, 0.4) is 0 Å². The molecule has 140 valence electrons. The van der Waals surface area contributed by atoms with Gasteiger partial charge in [0.2, 0.25) is 0 Å². The van der Waals surface area contributed by atoms with Crippen molar-refractivity contribution in [2.75, 3.05) is 13.1 Å². The lowest BCUT2D eigenvalue weighted by Crippen LogP contribution is -2.35. The van der Waals surface area contributed by atoms with E-state index in [9.17, 15) is 9.90 Å². The molecule has 1 aliphatic heterocycles. The van der Waals surface area contributed by atoms with Gasteiger partial charge in [0.1, 0.15) is 0 Å². The van der Waals surface area contributed by atoms with E-state index in [1.54, 1.807) is 0 Å². The number of carboxylic acids is 1. The number of aromatic nitrogens is 5. The summed E-state index contributed by atoms with van der Waals surface area (Å²) in [7, 11) is 0. The van der Waals surface area contributed by atoms with Crippen LogP contribution in [0.4, 0.5) is 0 Å². The SMILES string of the molecule is CC(C)(C)C(C(=O)O)[C@H](Cc1ccc(C2CCNC2)nc1)c1nn[nH]n1. The lowest BCUT2D eigenvalue weighted by atomic mass is 9.71. The van der Waals surface area contributed by atoms with E-state index in [1.807, 2.05) is 39.1 Å². The zero-order chi connectivity index (χ0) is 18.7. The summed E-state index contributed by atoms with van der Waals surface area (Å²) in [5.41, 5.74) is 1.62. The van der Waals surface area contributed by atoms with Gasteiger partial charge >= 0.3 is 5.97 Å². The van der Waals surface area contributed by atoms with Crippen molar-refractivity contribution in [3.05, 3.63) is 35.4 Å². The molecule has 0 aliphatic carbocycles. The molecule has 3 heterocycles. The molecule has 1 aliphatic rings. The molecule has 1 saturated heterocycles. The minimum Gasteiger partial charge on any atom is -0.481 e. The highest BCUT2D eigenvalue weighted by atomic mass is 16.4. The minimum atomic E-state index is -0.853. The Morgan fingerprint density at radius 1 is 1.38 bits per heavy atom. The number of carbonyl (C=O) groups is 1. The molecule has 1 fully saturated rings. The number of nitrogens with one attached hydrogen (secondary N) is 2. The minimum absolute atomic E-state index is 0.382. The molecule has 0 bridgehead atoms. The number of carboxylic acid groups (broad SMARTS) is 1. The number of rotatable bonds is 6. The molecule has 2 unspecified atom stereocenters. The fourth-order valence-corrected chi connectivity index (χ4v) is 3.79. The molecule has 2 aromatic rings. The Labute approximate surface area is 152 Å². The number of hydrogen-bond acceptors (Lipinski definition) is 6. The van der Waals surface area contributed by atoms with Gasteiger partial charge in [-0.3, -0.25) is 9.78 Å². The molecular formula is C18H26N6O2. The first-order valence-electron chi connectivity index (χ1n) is 8.98. The maximum Gasteiger partial charge on any atom is 0.307 e. The number of tetrazole rings is 1. The van der Waals surface area contributed by atoms with Crippen molar-refractivity contribution in [2.24, 2.45) is 11.3 Å². The third-order valence-electron chi connectivity index (χ3n) is 5.08. The highest BCUT2D eigenvalue weighted by Gasteiger charge is 2.41. The van der Waals surface area contributed by atoms with E-state index < -0.39 is 17.3 Å². The van der Waals surface area contributed by atoms with Gasteiger partial charge in [-0.25, -0.2) is 0 Å². The van der Waals surface area contributed by atoms with Crippen molar-refractivity contribution in [3.8, 4) is 0 Å². The molecule has 26 heavy (non-hydrogen) atoms. The average Bonchev–Trinajstić information content (AvgIpc) is 3.27. The second-order valence-electron chi connectivity index (χ2n) is 8.04. The Morgan fingerprint density at radius 3 is 2.69 bits per heavy atom. The third kappa shape index (κ3) is 4.07. The van der Waals surface area contributed by atoms with E-state index in [-0.39, 0.29) is 5.92 Å². The number of aromatic amines is 1. The van der Waals surface area contributed by atoms with Gasteiger partial charge in [-0.2, -0.15) is 5.21 Å². The lowest BCUT2D eigenvalue weighted by Gasteiger charge is -2.32. The van der Waals surface area contributed by atoms with Crippen molar-refractivity contribution < 1.29 is 9.90 Å². The van der Waals surface area contributed by atoms with Crippen molar-refractivity contribution in [2.45, 2.75) is 45.4 Å². The van der Waals surface area contributed by atoms with Crippen LogP contribution in [0.2, 0.25) is 0 Å². The number of nitrogens with zero attached hydrogens (tertiary/aromatic N) is 4. The molecule has 8 heteroatoms. The normalized spacial score (nSPS) is 20.0. The molecule has 8 nitrogen and oxygen atoms in total. The smallest absolute Gasteiger partial charge is 0.307 e. The second-order valence-corrected chi connectivity index (χ2v) is 8.04. The van der Waals surface area contributed by atoms with E-state index in [0.29, 0.717) is 18.2 Å². The quantitative estimate of drug-likeness (QED) is 0.720. The summed E-state index contributed by atoms with van der Waals surface area (Å²) in [4.78, 5) is 16.6. The zero-order valence-corrected chi connectivity index (χ0v) is 15.4. The van der Waals surface area contributed by atoms with E-state index >= 15 is 0 Å². The first-order chi connectivity index (χ1) is 12.4. The van der Waals surface area contributed by atoms with E-state index in [0.717, 1.165) is 30.8 Å². The first kappa shape index (κ1) is 18.4. The molecular weight excluding hydrogens is 332 g/mol. The Hall–Kier alpha value is -2.35. The van der Waals surface area contributed by atoms with Gasteiger partial charge < -0.3 is 10.4 Å². The average molecular weight is 358 g/mol. The topological polar surface area (TPSA) is 117 Å². The summed E-state index contributed by atoms with van der Waals surface area (Å²) in [6, 6.07) is 4.09. The second kappa shape index (κ2) is 7.49.